The molecular formula is C14H24N2O2. The van der Waals surface area contributed by atoms with E-state index in [-0.39, 0.29) is 6.04 Å². The molecule has 0 saturated heterocycles. The molecule has 1 rings (SSSR count). The number of methoxy groups -OCH3 is 1. The minimum Gasteiger partial charge on any atom is -0.508 e. The van der Waals surface area contributed by atoms with Crippen LogP contribution in [-0.4, -0.2) is 39.0 Å². The van der Waals surface area contributed by atoms with E-state index in [0.29, 0.717) is 12.4 Å². The highest BCUT2D eigenvalue weighted by Crippen LogP contribution is 2.28. The molecule has 0 spiro atoms. The molecule has 0 fully saturated rings. The van der Waals surface area contributed by atoms with Crippen molar-refractivity contribution in [2.24, 2.45) is 0 Å². The average molecular weight is 252 g/mol. The zero-order valence-corrected chi connectivity index (χ0v) is 11.7. The summed E-state index contributed by atoms with van der Waals surface area (Å²) < 4.78 is 5.09. The van der Waals surface area contributed by atoms with Crippen LogP contribution in [-0.2, 0) is 4.74 Å². The number of nitrogens with zero attached hydrogens (tertiary/aromatic N) is 1. The average Bonchev–Trinajstić information content (AvgIpc) is 2.39. The van der Waals surface area contributed by atoms with Crippen molar-refractivity contribution in [2.45, 2.75) is 19.9 Å². The molecule has 0 bridgehead atoms. The quantitative estimate of drug-likeness (QED) is 0.780. The van der Waals surface area contributed by atoms with Crippen LogP contribution in [0.4, 0.5) is 5.69 Å². The molecule has 0 aliphatic rings. The van der Waals surface area contributed by atoms with Gasteiger partial charge in [0.2, 0.25) is 0 Å². The summed E-state index contributed by atoms with van der Waals surface area (Å²) in [5, 5.41) is 13.2. The summed E-state index contributed by atoms with van der Waals surface area (Å²) in [5.74, 6) is 0.338. The first-order chi connectivity index (χ1) is 8.63. The molecule has 18 heavy (non-hydrogen) atoms. The number of phenols is 1. The fourth-order valence-electron chi connectivity index (χ4n) is 1.92. The molecule has 0 saturated carbocycles. The van der Waals surface area contributed by atoms with E-state index >= 15 is 0 Å². The number of rotatable bonds is 7. The Morgan fingerprint density at radius 3 is 2.67 bits per heavy atom. The smallest absolute Gasteiger partial charge is 0.122 e. The van der Waals surface area contributed by atoms with Crippen LogP contribution in [0.1, 0.15) is 25.5 Å². The SMILES string of the molecule is CCN(CCOC)c1ccc(C(C)NC)c(O)c1. The minimum absolute atomic E-state index is 0.146. The van der Waals surface area contributed by atoms with Crippen LogP contribution >= 0.6 is 0 Å². The van der Waals surface area contributed by atoms with Crippen LogP contribution < -0.4 is 10.2 Å². The van der Waals surface area contributed by atoms with Gasteiger partial charge >= 0.3 is 0 Å². The number of nitrogens with one attached hydrogen (secondary N) is 1. The van der Waals surface area contributed by atoms with E-state index in [2.05, 4.69) is 17.1 Å². The number of phenolic OH excluding ortho intramolecular Hbond substituents is 1. The Morgan fingerprint density at radius 2 is 2.17 bits per heavy atom. The topological polar surface area (TPSA) is 44.7 Å². The molecule has 1 unspecified atom stereocenters. The Bertz CT molecular complexity index is 369. The van der Waals surface area contributed by atoms with Gasteiger partial charge in [0.1, 0.15) is 5.75 Å². The number of anilines is 1. The van der Waals surface area contributed by atoms with Crippen LogP contribution in [0.5, 0.6) is 5.75 Å². The van der Waals surface area contributed by atoms with Gasteiger partial charge in [-0.05, 0) is 27.0 Å². The zero-order valence-electron chi connectivity index (χ0n) is 11.7. The lowest BCUT2D eigenvalue weighted by atomic mass is 10.1. The summed E-state index contributed by atoms with van der Waals surface area (Å²) in [6, 6.07) is 5.99. The lowest BCUT2D eigenvalue weighted by molar-refractivity contribution is 0.205. The minimum atomic E-state index is 0.146. The van der Waals surface area contributed by atoms with Gasteiger partial charge in [-0.3, -0.25) is 0 Å². The van der Waals surface area contributed by atoms with E-state index in [1.165, 1.54) is 0 Å². The van der Waals surface area contributed by atoms with E-state index in [1.807, 2.05) is 32.2 Å². The molecule has 0 heterocycles. The summed E-state index contributed by atoms with van der Waals surface area (Å²) in [7, 11) is 3.58. The monoisotopic (exact) mass is 252 g/mol. The van der Waals surface area contributed by atoms with Crippen molar-refractivity contribution >= 4 is 5.69 Å². The molecule has 0 aromatic heterocycles. The van der Waals surface area contributed by atoms with Crippen LogP contribution in [0.25, 0.3) is 0 Å². The summed E-state index contributed by atoms with van der Waals surface area (Å²) >= 11 is 0. The van der Waals surface area contributed by atoms with Crippen molar-refractivity contribution < 1.29 is 9.84 Å². The summed E-state index contributed by atoms with van der Waals surface area (Å²) in [6.45, 7) is 6.52. The number of hydrogen-bond acceptors (Lipinski definition) is 4. The van der Waals surface area contributed by atoms with E-state index in [4.69, 9.17) is 4.74 Å². The molecule has 0 aliphatic carbocycles. The van der Waals surface area contributed by atoms with Gasteiger partial charge in [-0.25, -0.2) is 0 Å². The second-order valence-electron chi connectivity index (χ2n) is 4.33. The van der Waals surface area contributed by atoms with Crippen molar-refractivity contribution in [3.8, 4) is 5.75 Å². The normalized spacial score (nSPS) is 12.4. The van der Waals surface area contributed by atoms with E-state index in [1.54, 1.807) is 7.11 Å². The second kappa shape index (κ2) is 7.24. The predicted octanol–water partition coefficient (Wildman–Crippen LogP) is 2.15. The Labute approximate surface area is 110 Å². The van der Waals surface area contributed by atoms with E-state index < -0.39 is 0 Å². The molecule has 2 N–H and O–H groups in total. The number of benzene rings is 1. The summed E-state index contributed by atoms with van der Waals surface area (Å²) in [5.41, 5.74) is 1.95. The number of aromatic hydroxyl groups is 1. The highest BCUT2D eigenvalue weighted by Gasteiger charge is 2.11. The number of likely N-dealkylation sites (N-methyl/N-ethyl adjacent to an activating group) is 1. The fraction of sp³-hybridized carbons (Fsp3) is 0.571. The predicted molar refractivity (Wildman–Crippen MR) is 75.3 cm³/mol. The van der Waals surface area contributed by atoms with Crippen molar-refractivity contribution in [3.05, 3.63) is 23.8 Å². The van der Waals surface area contributed by atoms with E-state index in [0.717, 1.165) is 24.3 Å². The zero-order chi connectivity index (χ0) is 13.5. The molecule has 1 aromatic rings. The number of ether oxygens (including phenoxy) is 1. The van der Waals surface area contributed by atoms with Crippen LogP contribution in [0.15, 0.2) is 18.2 Å². The highest BCUT2D eigenvalue weighted by molar-refractivity contribution is 5.54. The van der Waals surface area contributed by atoms with E-state index in [9.17, 15) is 5.11 Å². The van der Waals surface area contributed by atoms with Crippen molar-refractivity contribution in [1.82, 2.24) is 5.32 Å². The maximum Gasteiger partial charge on any atom is 0.122 e. The molecule has 0 aliphatic heterocycles. The van der Waals surface area contributed by atoms with Gasteiger partial charge in [-0.2, -0.15) is 0 Å². The lowest BCUT2D eigenvalue weighted by Gasteiger charge is -2.24. The van der Waals surface area contributed by atoms with Gasteiger partial charge in [0.25, 0.3) is 0 Å². The molecule has 1 atom stereocenters. The van der Waals surface area contributed by atoms with Gasteiger partial charge in [0, 0.05) is 43.6 Å². The van der Waals surface area contributed by atoms with Crippen LogP contribution in [0.3, 0.4) is 0 Å². The largest absolute Gasteiger partial charge is 0.508 e. The van der Waals surface area contributed by atoms with Gasteiger partial charge < -0.3 is 20.1 Å². The second-order valence-corrected chi connectivity index (χ2v) is 4.33. The summed E-state index contributed by atoms with van der Waals surface area (Å²) in [6.07, 6.45) is 0. The van der Waals surface area contributed by atoms with Gasteiger partial charge in [0.05, 0.1) is 6.61 Å². The lowest BCUT2D eigenvalue weighted by Crippen LogP contribution is -2.26. The maximum absolute atomic E-state index is 10.1. The molecule has 0 amide bonds. The number of hydrogen-bond donors (Lipinski definition) is 2. The Hall–Kier alpha value is -1.26. The van der Waals surface area contributed by atoms with Gasteiger partial charge in [-0.1, -0.05) is 6.07 Å². The Balaban J connectivity index is 2.87. The van der Waals surface area contributed by atoms with Gasteiger partial charge in [-0.15, -0.1) is 0 Å². The van der Waals surface area contributed by atoms with Crippen LogP contribution in [0.2, 0.25) is 0 Å². The van der Waals surface area contributed by atoms with Crippen LogP contribution in [0, 0.1) is 0 Å². The fourth-order valence-corrected chi connectivity index (χ4v) is 1.92. The Morgan fingerprint density at radius 1 is 1.44 bits per heavy atom. The van der Waals surface area contributed by atoms with Crippen molar-refractivity contribution in [2.75, 3.05) is 38.8 Å². The molecule has 4 nitrogen and oxygen atoms in total. The third kappa shape index (κ3) is 3.62. The Kier molecular flexibility index (Phi) is 5.95. The summed E-state index contributed by atoms with van der Waals surface area (Å²) in [4.78, 5) is 2.18. The van der Waals surface area contributed by atoms with Gasteiger partial charge in [0.15, 0.2) is 0 Å². The third-order valence-electron chi connectivity index (χ3n) is 3.23. The highest BCUT2D eigenvalue weighted by atomic mass is 16.5. The van der Waals surface area contributed by atoms with Crippen molar-refractivity contribution in [1.29, 1.82) is 0 Å². The first-order valence-electron chi connectivity index (χ1n) is 6.38. The van der Waals surface area contributed by atoms with Crippen molar-refractivity contribution in [3.63, 3.8) is 0 Å². The maximum atomic E-state index is 10.1. The third-order valence-corrected chi connectivity index (χ3v) is 3.23. The first-order valence-corrected chi connectivity index (χ1v) is 6.38. The molecule has 4 heteroatoms. The molecule has 0 radical (unpaired) electrons. The standard InChI is InChI=1S/C14H24N2O2/c1-5-16(8-9-18-4)12-6-7-13(11(2)15-3)14(17)10-12/h6-7,10-11,15,17H,5,8-9H2,1-4H3. The first kappa shape index (κ1) is 14.8. The molecular weight excluding hydrogens is 228 g/mol. The molecule has 1 aromatic carbocycles. The molecule has 102 valence electrons.